The number of hydrogen-bond donors (Lipinski definition) is 2. The molecule has 2 saturated carbocycles. The number of hydrogen-bond acceptors (Lipinski definition) is 2. The minimum absolute atomic E-state index is 0.331. The number of carbonyl (C=O) groups excluding carboxylic acids is 1. The van der Waals surface area contributed by atoms with E-state index in [1.165, 1.54) is 51.4 Å². The molecule has 3 nitrogen and oxygen atoms in total. The Labute approximate surface area is 123 Å². The van der Waals surface area contributed by atoms with Crippen molar-refractivity contribution in [3.63, 3.8) is 0 Å². The lowest BCUT2D eigenvalue weighted by atomic mass is 9.91. The Morgan fingerprint density at radius 3 is 2.85 bits per heavy atom. The van der Waals surface area contributed by atoms with Crippen LogP contribution in [0.25, 0.3) is 0 Å². The third-order valence-corrected chi connectivity index (χ3v) is 6.02. The Balaban J connectivity index is 1.49. The minimum Gasteiger partial charge on any atom is -0.353 e. The summed E-state index contributed by atoms with van der Waals surface area (Å²) < 4.78 is 0. The molecule has 0 aromatic rings. The van der Waals surface area contributed by atoms with E-state index in [0.717, 1.165) is 25.4 Å². The molecule has 3 atom stereocenters. The molecule has 1 amide bonds. The number of piperidine rings is 1. The summed E-state index contributed by atoms with van der Waals surface area (Å²) in [5.41, 5.74) is 0.382. The molecule has 0 aromatic carbocycles. The van der Waals surface area contributed by atoms with Gasteiger partial charge in [-0.25, -0.2) is 0 Å². The van der Waals surface area contributed by atoms with Crippen LogP contribution >= 0.6 is 0 Å². The van der Waals surface area contributed by atoms with Crippen LogP contribution < -0.4 is 10.6 Å². The molecule has 3 aliphatic rings. The van der Waals surface area contributed by atoms with E-state index in [9.17, 15) is 4.79 Å². The average molecular weight is 278 g/mol. The quantitative estimate of drug-likeness (QED) is 0.812. The van der Waals surface area contributed by atoms with Crippen molar-refractivity contribution in [1.82, 2.24) is 10.6 Å². The Morgan fingerprint density at radius 2 is 2.10 bits per heavy atom. The van der Waals surface area contributed by atoms with Crippen LogP contribution in [0.15, 0.2) is 0 Å². The van der Waals surface area contributed by atoms with Gasteiger partial charge < -0.3 is 10.6 Å². The van der Waals surface area contributed by atoms with Crippen LogP contribution in [0, 0.1) is 17.3 Å². The molecule has 1 heterocycles. The Kier molecular flexibility index (Phi) is 4.34. The monoisotopic (exact) mass is 278 g/mol. The first-order chi connectivity index (χ1) is 9.75. The highest BCUT2D eigenvalue weighted by Gasteiger charge is 2.57. The van der Waals surface area contributed by atoms with Gasteiger partial charge in [0.25, 0.3) is 0 Å². The lowest BCUT2D eigenvalue weighted by molar-refractivity contribution is -0.124. The highest BCUT2D eigenvalue weighted by atomic mass is 16.2. The van der Waals surface area contributed by atoms with E-state index in [-0.39, 0.29) is 0 Å². The minimum atomic E-state index is 0.331. The van der Waals surface area contributed by atoms with Crippen LogP contribution in [-0.4, -0.2) is 25.0 Å². The lowest BCUT2D eigenvalue weighted by Crippen LogP contribution is -2.40. The van der Waals surface area contributed by atoms with E-state index in [1.807, 2.05) is 0 Å². The fraction of sp³-hybridized carbons (Fsp3) is 0.941. The first-order valence-electron chi connectivity index (χ1n) is 8.76. The largest absolute Gasteiger partial charge is 0.353 e. The van der Waals surface area contributed by atoms with Crippen molar-refractivity contribution in [1.29, 1.82) is 0 Å². The summed E-state index contributed by atoms with van der Waals surface area (Å²) in [6.07, 6.45) is 11.3. The number of carbonyl (C=O) groups is 1. The first-order valence-corrected chi connectivity index (χ1v) is 8.76. The molecule has 2 N–H and O–H groups in total. The molecule has 1 aliphatic heterocycles. The molecule has 3 rings (SSSR count). The summed E-state index contributed by atoms with van der Waals surface area (Å²) in [6.45, 7) is 4.46. The van der Waals surface area contributed by atoms with Crippen molar-refractivity contribution >= 4 is 5.91 Å². The predicted molar refractivity (Wildman–Crippen MR) is 81.4 cm³/mol. The molecule has 1 spiro atoms. The van der Waals surface area contributed by atoms with E-state index in [4.69, 9.17) is 0 Å². The fourth-order valence-corrected chi connectivity index (χ4v) is 4.52. The molecule has 0 aromatic heterocycles. The topological polar surface area (TPSA) is 41.1 Å². The number of rotatable bonds is 5. The smallest absolute Gasteiger partial charge is 0.223 e. The van der Waals surface area contributed by atoms with Gasteiger partial charge in [-0.1, -0.05) is 26.2 Å². The van der Waals surface area contributed by atoms with Crippen LogP contribution in [0.2, 0.25) is 0 Å². The van der Waals surface area contributed by atoms with Gasteiger partial charge in [0.1, 0.15) is 0 Å². The maximum atomic E-state index is 12.5. The molecule has 3 fully saturated rings. The zero-order valence-corrected chi connectivity index (χ0v) is 12.9. The SMILES string of the molecule is CCCCC1CCCC1NC(=O)C1CC12CCNCC2. The molecule has 20 heavy (non-hydrogen) atoms. The third kappa shape index (κ3) is 2.88. The van der Waals surface area contributed by atoms with Gasteiger partial charge in [-0.05, 0) is 62.9 Å². The van der Waals surface area contributed by atoms with Gasteiger partial charge in [0.15, 0.2) is 0 Å². The number of unbranched alkanes of at least 4 members (excludes halogenated alkanes) is 1. The zero-order valence-electron chi connectivity index (χ0n) is 12.9. The Bertz CT molecular complexity index is 349. The molecule has 0 radical (unpaired) electrons. The van der Waals surface area contributed by atoms with Gasteiger partial charge >= 0.3 is 0 Å². The molecule has 3 heteroatoms. The van der Waals surface area contributed by atoms with Crippen molar-refractivity contribution in [3.8, 4) is 0 Å². The van der Waals surface area contributed by atoms with Gasteiger partial charge in [-0.2, -0.15) is 0 Å². The summed E-state index contributed by atoms with van der Waals surface area (Å²) in [5, 5.41) is 6.82. The second kappa shape index (κ2) is 6.05. The van der Waals surface area contributed by atoms with Crippen molar-refractivity contribution in [2.45, 2.75) is 70.8 Å². The Morgan fingerprint density at radius 1 is 1.30 bits per heavy atom. The molecule has 2 aliphatic carbocycles. The third-order valence-electron chi connectivity index (χ3n) is 6.02. The fourth-order valence-electron chi connectivity index (χ4n) is 4.52. The summed E-state index contributed by atoms with van der Waals surface area (Å²) in [5.74, 6) is 1.46. The highest BCUT2D eigenvalue weighted by Crippen LogP contribution is 2.58. The van der Waals surface area contributed by atoms with Gasteiger partial charge in [0, 0.05) is 12.0 Å². The van der Waals surface area contributed by atoms with E-state index in [0.29, 0.717) is 23.3 Å². The predicted octanol–water partition coefficient (Wildman–Crippen LogP) is 2.85. The maximum absolute atomic E-state index is 12.5. The van der Waals surface area contributed by atoms with Crippen molar-refractivity contribution in [2.24, 2.45) is 17.3 Å². The normalized spacial score (nSPS) is 35.1. The standard InChI is InChI=1S/C17H30N2O/c1-2-3-5-13-6-4-7-15(13)19-16(20)14-12-17(14)8-10-18-11-9-17/h13-15,18H,2-12H2,1H3,(H,19,20). The summed E-state index contributed by atoms with van der Waals surface area (Å²) in [6, 6.07) is 0.480. The number of nitrogens with one attached hydrogen (secondary N) is 2. The number of amides is 1. The molecular formula is C17H30N2O. The first kappa shape index (κ1) is 14.4. The van der Waals surface area contributed by atoms with Crippen LogP contribution in [0.3, 0.4) is 0 Å². The van der Waals surface area contributed by atoms with Crippen molar-refractivity contribution < 1.29 is 4.79 Å². The van der Waals surface area contributed by atoms with Gasteiger partial charge in [-0.3, -0.25) is 4.79 Å². The molecular weight excluding hydrogens is 248 g/mol. The summed E-state index contributed by atoms with van der Waals surface area (Å²) in [7, 11) is 0. The van der Waals surface area contributed by atoms with E-state index in [1.54, 1.807) is 0 Å². The van der Waals surface area contributed by atoms with Crippen molar-refractivity contribution in [3.05, 3.63) is 0 Å². The second-order valence-corrected chi connectivity index (χ2v) is 7.32. The highest BCUT2D eigenvalue weighted by molar-refractivity contribution is 5.83. The summed E-state index contributed by atoms with van der Waals surface area (Å²) >= 11 is 0. The lowest BCUT2D eigenvalue weighted by Gasteiger charge is -2.25. The second-order valence-electron chi connectivity index (χ2n) is 7.32. The van der Waals surface area contributed by atoms with Crippen LogP contribution in [-0.2, 0) is 4.79 Å². The summed E-state index contributed by atoms with van der Waals surface area (Å²) in [4.78, 5) is 12.5. The van der Waals surface area contributed by atoms with Crippen molar-refractivity contribution in [2.75, 3.05) is 13.1 Å². The molecule has 0 bridgehead atoms. The van der Waals surface area contributed by atoms with E-state index < -0.39 is 0 Å². The van der Waals surface area contributed by atoms with Gasteiger partial charge in [-0.15, -0.1) is 0 Å². The Hall–Kier alpha value is -0.570. The average Bonchev–Trinajstić information content (AvgIpc) is 2.97. The van der Waals surface area contributed by atoms with Crippen LogP contribution in [0.1, 0.15) is 64.7 Å². The van der Waals surface area contributed by atoms with Crippen LogP contribution in [0.5, 0.6) is 0 Å². The molecule has 1 saturated heterocycles. The van der Waals surface area contributed by atoms with E-state index >= 15 is 0 Å². The molecule has 3 unspecified atom stereocenters. The molecule has 114 valence electrons. The van der Waals surface area contributed by atoms with Crippen LogP contribution in [0.4, 0.5) is 0 Å². The van der Waals surface area contributed by atoms with Gasteiger partial charge in [0.2, 0.25) is 5.91 Å². The zero-order chi connectivity index (χ0) is 14.0. The van der Waals surface area contributed by atoms with E-state index in [2.05, 4.69) is 17.6 Å². The maximum Gasteiger partial charge on any atom is 0.223 e. The van der Waals surface area contributed by atoms with Gasteiger partial charge in [0.05, 0.1) is 0 Å².